The highest BCUT2D eigenvalue weighted by Crippen LogP contribution is 2.37. The topological polar surface area (TPSA) is 35.5 Å². The van der Waals surface area contributed by atoms with E-state index in [2.05, 4.69) is 46.9 Å². The molecule has 0 aromatic rings. The van der Waals surface area contributed by atoms with Crippen molar-refractivity contribution >= 4 is 14.3 Å². The van der Waals surface area contributed by atoms with Crippen LogP contribution in [0.3, 0.4) is 0 Å². The van der Waals surface area contributed by atoms with Crippen molar-refractivity contribution in [2.45, 2.75) is 91.0 Å². The third kappa shape index (κ3) is 10.8. The zero-order chi connectivity index (χ0) is 18.6. The number of esters is 1. The Kier molecular flexibility index (Phi) is 11.2. The van der Waals surface area contributed by atoms with Crippen molar-refractivity contribution in [3.05, 3.63) is 24.3 Å². The van der Waals surface area contributed by atoms with E-state index in [9.17, 15) is 4.79 Å². The van der Waals surface area contributed by atoms with E-state index in [-0.39, 0.29) is 11.0 Å². The van der Waals surface area contributed by atoms with Crippen molar-refractivity contribution in [2.75, 3.05) is 6.61 Å². The number of ether oxygens (including phenoxy) is 1. The number of rotatable bonds is 11. The highest BCUT2D eigenvalue weighted by molar-refractivity contribution is 6.74. The Morgan fingerprint density at radius 2 is 1.79 bits per heavy atom. The first-order valence-electron chi connectivity index (χ1n) is 9.28. The monoisotopic (exact) mass is 354 g/mol. The molecule has 0 aliphatic rings. The van der Waals surface area contributed by atoms with Crippen LogP contribution in [0.1, 0.15) is 66.7 Å². The molecule has 4 heteroatoms. The Labute approximate surface area is 150 Å². The minimum Gasteiger partial charge on any atom is -0.463 e. The van der Waals surface area contributed by atoms with Gasteiger partial charge in [0.05, 0.1) is 6.61 Å². The Morgan fingerprint density at radius 3 is 2.38 bits per heavy atom. The zero-order valence-electron chi connectivity index (χ0n) is 16.9. The lowest BCUT2D eigenvalue weighted by molar-refractivity contribution is -0.137. The minimum atomic E-state index is -1.63. The van der Waals surface area contributed by atoms with Crippen molar-refractivity contribution in [3.63, 3.8) is 0 Å². The van der Waals surface area contributed by atoms with E-state index in [1.165, 1.54) is 25.3 Å². The van der Waals surface area contributed by atoms with Gasteiger partial charge >= 0.3 is 5.97 Å². The van der Waals surface area contributed by atoms with Crippen LogP contribution in [-0.4, -0.2) is 27.0 Å². The Balaban J connectivity index is 3.78. The summed E-state index contributed by atoms with van der Waals surface area (Å²) in [7, 11) is -1.63. The van der Waals surface area contributed by atoms with Crippen molar-refractivity contribution in [1.29, 1.82) is 0 Å². The molecule has 140 valence electrons. The SMILES string of the molecule is CCOC(=O)/C=C/C=C/CCCCC[C@@H](C)O[Si](C)(C)C(C)(C)C. The first-order chi connectivity index (χ1) is 11.1. The predicted molar refractivity (Wildman–Crippen MR) is 106 cm³/mol. The Hall–Kier alpha value is -0.873. The quantitative estimate of drug-likeness (QED) is 0.149. The van der Waals surface area contributed by atoms with Crippen molar-refractivity contribution in [1.82, 2.24) is 0 Å². The van der Waals surface area contributed by atoms with Crippen LogP contribution >= 0.6 is 0 Å². The van der Waals surface area contributed by atoms with Gasteiger partial charge in [0.25, 0.3) is 0 Å². The van der Waals surface area contributed by atoms with Crippen LogP contribution in [-0.2, 0) is 14.0 Å². The zero-order valence-corrected chi connectivity index (χ0v) is 17.9. The van der Waals surface area contributed by atoms with Gasteiger partial charge in [-0.2, -0.15) is 0 Å². The molecule has 0 saturated carbocycles. The molecule has 0 spiro atoms. The van der Waals surface area contributed by atoms with Gasteiger partial charge in [0.2, 0.25) is 0 Å². The number of carbonyl (C=O) groups is 1. The van der Waals surface area contributed by atoms with Gasteiger partial charge in [-0.05, 0) is 51.2 Å². The van der Waals surface area contributed by atoms with Gasteiger partial charge in [0.1, 0.15) is 0 Å². The summed E-state index contributed by atoms with van der Waals surface area (Å²) in [6, 6.07) is 0. The maximum Gasteiger partial charge on any atom is 0.330 e. The Bertz CT molecular complexity index is 406. The van der Waals surface area contributed by atoms with Crippen LogP contribution in [0.15, 0.2) is 24.3 Å². The summed E-state index contributed by atoms with van der Waals surface area (Å²) in [5, 5.41) is 0.281. The van der Waals surface area contributed by atoms with E-state index in [1.54, 1.807) is 13.0 Å². The third-order valence-electron chi connectivity index (χ3n) is 4.55. The lowest BCUT2D eigenvalue weighted by atomic mass is 10.1. The van der Waals surface area contributed by atoms with Gasteiger partial charge in [-0.15, -0.1) is 0 Å². The van der Waals surface area contributed by atoms with Crippen LogP contribution in [0.4, 0.5) is 0 Å². The third-order valence-corrected chi connectivity index (χ3v) is 9.15. The minimum absolute atomic E-state index is 0.280. The molecule has 0 unspecified atom stereocenters. The van der Waals surface area contributed by atoms with Crippen molar-refractivity contribution in [2.24, 2.45) is 0 Å². The molecule has 24 heavy (non-hydrogen) atoms. The second-order valence-electron chi connectivity index (χ2n) is 7.87. The molecule has 0 aliphatic heterocycles. The molecule has 0 aromatic heterocycles. The summed E-state index contributed by atoms with van der Waals surface area (Å²) in [6.45, 7) is 15.9. The van der Waals surface area contributed by atoms with E-state index in [0.717, 1.165) is 12.8 Å². The summed E-state index contributed by atoms with van der Waals surface area (Å²) >= 11 is 0. The summed E-state index contributed by atoms with van der Waals surface area (Å²) in [4.78, 5) is 11.1. The fraction of sp³-hybridized carbons (Fsp3) is 0.750. The van der Waals surface area contributed by atoms with Crippen LogP contribution in [0.2, 0.25) is 18.1 Å². The van der Waals surface area contributed by atoms with Gasteiger partial charge in [0.15, 0.2) is 8.32 Å². The number of hydrogen-bond acceptors (Lipinski definition) is 3. The molecule has 3 nitrogen and oxygen atoms in total. The summed E-state index contributed by atoms with van der Waals surface area (Å²) in [5.74, 6) is -0.280. The molecular weight excluding hydrogens is 316 g/mol. The second-order valence-corrected chi connectivity index (χ2v) is 12.6. The fourth-order valence-electron chi connectivity index (χ4n) is 2.11. The van der Waals surface area contributed by atoms with Crippen LogP contribution < -0.4 is 0 Å². The number of hydrogen-bond donors (Lipinski definition) is 0. The number of allylic oxidation sites excluding steroid dienone is 3. The standard InChI is InChI=1S/C20H38O3Si/c1-8-22-19(21)17-15-13-11-9-10-12-14-16-18(2)23-24(6,7)20(3,4)5/h11,13,15,17-18H,8-10,12,14,16H2,1-7H3/b13-11+,17-15+/t18-/m1/s1. The molecule has 0 amide bonds. The lowest BCUT2D eigenvalue weighted by Crippen LogP contribution is -2.43. The first-order valence-corrected chi connectivity index (χ1v) is 12.2. The molecule has 0 fully saturated rings. The summed E-state index contributed by atoms with van der Waals surface area (Å²) in [6.07, 6.45) is 13.4. The Morgan fingerprint density at radius 1 is 1.12 bits per heavy atom. The van der Waals surface area contributed by atoms with Crippen molar-refractivity contribution in [3.8, 4) is 0 Å². The molecule has 0 radical (unpaired) electrons. The average Bonchev–Trinajstić information content (AvgIpc) is 2.44. The van der Waals surface area contributed by atoms with E-state index >= 15 is 0 Å². The average molecular weight is 355 g/mol. The highest BCUT2D eigenvalue weighted by Gasteiger charge is 2.38. The molecule has 0 bridgehead atoms. The van der Waals surface area contributed by atoms with Crippen LogP contribution in [0.25, 0.3) is 0 Å². The predicted octanol–water partition coefficient (Wildman–Crippen LogP) is 6.02. The first kappa shape index (κ1) is 23.1. The largest absolute Gasteiger partial charge is 0.463 e. The molecule has 0 rings (SSSR count). The van der Waals surface area contributed by atoms with Gasteiger partial charge in [-0.3, -0.25) is 0 Å². The molecular formula is C20H38O3Si. The van der Waals surface area contributed by atoms with E-state index in [1.807, 2.05) is 6.08 Å². The maximum absolute atomic E-state index is 11.1. The molecule has 0 aliphatic carbocycles. The lowest BCUT2D eigenvalue weighted by Gasteiger charge is -2.38. The summed E-state index contributed by atoms with van der Waals surface area (Å²) in [5.41, 5.74) is 0. The highest BCUT2D eigenvalue weighted by atomic mass is 28.4. The smallest absolute Gasteiger partial charge is 0.330 e. The van der Waals surface area contributed by atoms with E-state index in [0.29, 0.717) is 12.7 Å². The molecule has 0 aromatic carbocycles. The van der Waals surface area contributed by atoms with Gasteiger partial charge in [0, 0.05) is 12.2 Å². The van der Waals surface area contributed by atoms with Gasteiger partial charge in [-0.1, -0.05) is 51.8 Å². The molecule has 1 atom stereocenters. The molecule has 0 heterocycles. The molecule has 0 saturated heterocycles. The van der Waals surface area contributed by atoms with E-state index < -0.39 is 8.32 Å². The van der Waals surface area contributed by atoms with Crippen LogP contribution in [0.5, 0.6) is 0 Å². The second kappa shape index (κ2) is 11.6. The van der Waals surface area contributed by atoms with E-state index in [4.69, 9.17) is 9.16 Å². The summed E-state index contributed by atoms with van der Waals surface area (Å²) < 4.78 is 11.2. The normalized spacial score (nSPS) is 14.5. The van der Waals surface area contributed by atoms with Crippen molar-refractivity contribution < 1.29 is 14.0 Å². The maximum atomic E-state index is 11.1. The van der Waals surface area contributed by atoms with Crippen LogP contribution in [0, 0.1) is 0 Å². The fourth-order valence-corrected chi connectivity index (χ4v) is 3.59. The molecule has 0 N–H and O–H groups in total. The van der Waals surface area contributed by atoms with Gasteiger partial charge < -0.3 is 9.16 Å². The van der Waals surface area contributed by atoms with Gasteiger partial charge in [-0.25, -0.2) is 4.79 Å². The number of carbonyl (C=O) groups excluding carboxylic acids is 1. The number of unbranched alkanes of at least 4 members (excludes halogenated alkanes) is 3.